The van der Waals surface area contributed by atoms with Crippen molar-refractivity contribution in [3.05, 3.63) is 65.2 Å². The second kappa shape index (κ2) is 11.1. The SMILES string of the molecule is CC(C)[C@H](NC(=O)Nc1ccccc1)C(=O)OCC(=O)NCc1ccc(Cl)cc1. The first-order chi connectivity index (χ1) is 13.8. The van der Waals surface area contributed by atoms with Gasteiger partial charge < -0.3 is 20.7 Å². The van der Waals surface area contributed by atoms with Gasteiger partial charge in [0.2, 0.25) is 0 Å². The van der Waals surface area contributed by atoms with Crippen molar-refractivity contribution in [2.75, 3.05) is 11.9 Å². The summed E-state index contributed by atoms with van der Waals surface area (Å²) in [6.07, 6.45) is 0. The molecule has 2 aromatic rings. The van der Waals surface area contributed by atoms with Crippen LogP contribution in [0.2, 0.25) is 5.02 Å². The first-order valence-electron chi connectivity index (χ1n) is 9.15. The molecule has 7 nitrogen and oxygen atoms in total. The maximum absolute atomic E-state index is 12.3. The van der Waals surface area contributed by atoms with Gasteiger partial charge in [0, 0.05) is 17.3 Å². The lowest BCUT2D eigenvalue weighted by Crippen LogP contribution is -2.47. The van der Waals surface area contributed by atoms with E-state index in [0.29, 0.717) is 17.3 Å². The fourth-order valence-corrected chi connectivity index (χ4v) is 2.53. The molecule has 154 valence electrons. The Labute approximate surface area is 174 Å². The lowest BCUT2D eigenvalue weighted by molar-refractivity contribution is -0.151. The number of anilines is 1. The zero-order valence-corrected chi connectivity index (χ0v) is 17.0. The lowest BCUT2D eigenvalue weighted by atomic mass is 10.1. The summed E-state index contributed by atoms with van der Waals surface area (Å²) in [5.41, 5.74) is 1.47. The molecule has 0 heterocycles. The van der Waals surface area contributed by atoms with Crippen molar-refractivity contribution >= 4 is 35.2 Å². The molecule has 0 fully saturated rings. The van der Waals surface area contributed by atoms with Gasteiger partial charge in [0.05, 0.1) is 0 Å². The van der Waals surface area contributed by atoms with Crippen molar-refractivity contribution < 1.29 is 19.1 Å². The van der Waals surface area contributed by atoms with Crippen molar-refractivity contribution in [3.8, 4) is 0 Å². The van der Waals surface area contributed by atoms with E-state index in [1.807, 2.05) is 6.07 Å². The molecule has 0 aliphatic heterocycles. The molecule has 1 atom stereocenters. The normalized spacial score (nSPS) is 11.4. The van der Waals surface area contributed by atoms with Gasteiger partial charge in [-0.25, -0.2) is 9.59 Å². The Bertz CT molecular complexity index is 826. The first kappa shape index (κ1) is 22.2. The number of halogens is 1. The Morgan fingerprint density at radius 2 is 1.66 bits per heavy atom. The summed E-state index contributed by atoms with van der Waals surface area (Å²) in [4.78, 5) is 36.4. The van der Waals surface area contributed by atoms with Crippen LogP contribution < -0.4 is 16.0 Å². The second-order valence-corrected chi connectivity index (χ2v) is 7.13. The number of ether oxygens (including phenoxy) is 1. The van der Waals surface area contributed by atoms with E-state index >= 15 is 0 Å². The number of nitrogens with one attached hydrogen (secondary N) is 3. The fraction of sp³-hybridized carbons (Fsp3) is 0.286. The van der Waals surface area contributed by atoms with E-state index in [1.54, 1.807) is 62.4 Å². The average molecular weight is 418 g/mol. The summed E-state index contributed by atoms with van der Waals surface area (Å²) < 4.78 is 5.07. The number of hydrogen-bond acceptors (Lipinski definition) is 4. The summed E-state index contributed by atoms with van der Waals surface area (Å²) in [5.74, 6) is -1.34. The number of rotatable bonds is 8. The monoisotopic (exact) mass is 417 g/mol. The van der Waals surface area contributed by atoms with Crippen LogP contribution in [-0.2, 0) is 20.9 Å². The van der Waals surface area contributed by atoms with Crippen LogP contribution in [0.15, 0.2) is 54.6 Å². The fourth-order valence-electron chi connectivity index (χ4n) is 2.41. The number of amides is 3. The van der Waals surface area contributed by atoms with Crippen molar-refractivity contribution in [3.63, 3.8) is 0 Å². The van der Waals surface area contributed by atoms with Gasteiger partial charge in [0.25, 0.3) is 5.91 Å². The number of benzene rings is 2. The molecule has 29 heavy (non-hydrogen) atoms. The van der Waals surface area contributed by atoms with Crippen molar-refractivity contribution in [1.82, 2.24) is 10.6 Å². The van der Waals surface area contributed by atoms with Crippen LogP contribution in [0.25, 0.3) is 0 Å². The summed E-state index contributed by atoms with van der Waals surface area (Å²) in [7, 11) is 0. The molecular weight excluding hydrogens is 394 g/mol. The summed E-state index contributed by atoms with van der Waals surface area (Å²) >= 11 is 5.82. The van der Waals surface area contributed by atoms with Crippen molar-refractivity contribution in [2.24, 2.45) is 5.92 Å². The van der Waals surface area contributed by atoms with Gasteiger partial charge in [-0.3, -0.25) is 4.79 Å². The van der Waals surface area contributed by atoms with E-state index in [4.69, 9.17) is 16.3 Å². The van der Waals surface area contributed by atoms with Gasteiger partial charge in [-0.15, -0.1) is 0 Å². The molecule has 0 aliphatic carbocycles. The van der Waals surface area contributed by atoms with Crippen LogP contribution in [-0.4, -0.2) is 30.6 Å². The molecule has 2 rings (SSSR count). The third kappa shape index (κ3) is 7.83. The van der Waals surface area contributed by atoms with E-state index in [-0.39, 0.29) is 5.92 Å². The Kier molecular flexibility index (Phi) is 8.48. The minimum atomic E-state index is -0.886. The summed E-state index contributed by atoms with van der Waals surface area (Å²) in [6, 6.07) is 14.5. The maximum atomic E-state index is 12.3. The van der Waals surface area contributed by atoms with E-state index in [1.165, 1.54) is 0 Å². The molecule has 0 radical (unpaired) electrons. The van der Waals surface area contributed by atoms with Crippen molar-refractivity contribution in [1.29, 1.82) is 0 Å². The molecule has 0 bridgehead atoms. The third-order valence-electron chi connectivity index (χ3n) is 3.99. The lowest BCUT2D eigenvalue weighted by Gasteiger charge is -2.21. The van der Waals surface area contributed by atoms with E-state index in [2.05, 4.69) is 16.0 Å². The van der Waals surface area contributed by atoms with Crippen LogP contribution in [0.4, 0.5) is 10.5 Å². The van der Waals surface area contributed by atoms with Crippen LogP contribution in [0.3, 0.4) is 0 Å². The van der Waals surface area contributed by atoms with Crippen LogP contribution in [0, 0.1) is 5.92 Å². The van der Waals surface area contributed by atoms with Gasteiger partial charge in [0.15, 0.2) is 6.61 Å². The molecule has 0 aliphatic rings. The maximum Gasteiger partial charge on any atom is 0.329 e. The summed E-state index contributed by atoms with van der Waals surface area (Å²) in [6.45, 7) is 3.40. The predicted octanol–water partition coefficient (Wildman–Crippen LogP) is 3.35. The minimum absolute atomic E-state index is 0.221. The quantitative estimate of drug-likeness (QED) is 0.574. The molecule has 0 aromatic heterocycles. The minimum Gasteiger partial charge on any atom is -0.454 e. The average Bonchev–Trinajstić information content (AvgIpc) is 2.70. The molecule has 8 heteroatoms. The van der Waals surface area contributed by atoms with Crippen LogP contribution >= 0.6 is 11.6 Å². The van der Waals surface area contributed by atoms with Gasteiger partial charge in [-0.05, 0) is 35.7 Å². The Morgan fingerprint density at radius 3 is 2.28 bits per heavy atom. The highest BCUT2D eigenvalue weighted by Crippen LogP contribution is 2.09. The Morgan fingerprint density at radius 1 is 1.00 bits per heavy atom. The number of para-hydroxylation sites is 1. The highest BCUT2D eigenvalue weighted by molar-refractivity contribution is 6.30. The highest BCUT2D eigenvalue weighted by Gasteiger charge is 2.26. The van der Waals surface area contributed by atoms with Crippen molar-refractivity contribution in [2.45, 2.75) is 26.4 Å². The van der Waals surface area contributed by atoms with Crippen LogP contribution in [0.1, 0.15) is 19.4 Å². The topological polar surface area (TPSA) is 96.5 Å². The van der Waals surface area contributed by atoms with Gasteiger partial charge in [-0.2, -0.15) is 0 Å². The van der Waals surface area contributed by atoms with Gasteiger partial charge in [0.1, 0.15) is 6.04 Å². The summed E-state index contributed by atoms with van der Waals surface area (Å²) in [5, 5.41) is 8.49. The molecule has 2 aromatic carbocycles. The molecule has 0 spiro atoms. The number of carbonyl (C=O) groups is 3. The number of esters is 1. The molecule has 3 N–H and O–H groups in total. The predicted molar refractivity (Wildman–Crippen MR) is 111 cm³/mol. The Hall–Kier alpha value is -3.06. The van der Waals surface area contributed by atoms with Gasteiger partial charge in [-0.1, -0.05) is 55.8 Å². The zero-order chi connectivity index (χ0) is 21.2. The standard InChI is InChI=1S/C21H24ClN3O4/c1-14(2)19(25-21(28)24-17-6-4-3-5-7-17)20(27)29-13-18(26)23-12-15-8-10-16(22)11-9-15/h3-11,14,19H,12-13H2,1-2H3,(H,23,26)(H2,24,25,28)/t19-/m0/s1. The molecule has 0 unspecified atom stereocenters. The zero-order valence-electron chi connectivity index (χ0n) is 16.3. The van der Waals surface area contributed by atoms with E-state index < -0.39 is 30.6 Å². The third-order valence-corrected chi connectivity index (χ3v) is 4.24. The van der Waals surface area contributed by atoms with E-state index in [9.17, 15) is 14.4 Å². The highest BCUT2D eigenvalue weighted by atomic mass is 35.5. The Balaban J connectivity index is 1.79. The first-order valence-corrected chi connectivity index (χ1v) is 9.53. The van der Waals surface area contributed by atoms with Gasteiger partial charge >= 0.3 is 12.0 Å². The molecular formula is C21H24ClN3O4. The van der Waals surface area contributed by atoms with E-state index in [0.717, 1.165) is 5.56 Å². The molecule has 0 saturated heterocycles. The van der Waals surface area contributed by atoms with Crippen LogP contribution in [0.5, 0.6) is 0 Å². The number of carbonyl (C=O) groups excluding carboxylic acids is 3. The largest absolute Gasteiger partial charge is 0.454 e. The molecule has 0 saturated carbocycles. The second-order valence-electron chi connectivity index (χ2n) is 6.70. The molecule has 3 amide bonds. The number of urea groups is 1. The number of hydrogen-bond donors (Lipinski definition) is 3. The smallest absolute Gasteiger partial charge is 0.329 e.